The van der Waals surface area contributed by atoms with Crippen molar-refractivity contribution in [2.45, 2.75) is 32.0 Å². The molecule has 0 heterocycles. The maximum atomic E-state index is 11.8. The Morgan fingerprint density at radius 1 is 1.36 bits per heavy atom. The van der Waals surface area contributed by atoms with Crippen molar-refractivity contribution in [3.05, 3.63) is 0 Å². The molecule has 82 valence electrons. The number of hydrogen-bond donors (Lipinski definition) is 1. The molecule has 0 aromatic heterocycles. The molecule has 1 unspecified atom stereocenters. The minimum Gasteiger partial charge on any atom is -0.443 e. The highest BCUT2D eigenvalue weighted by molar-refractivity contribution is 5.87. The summed E-state index contributed by atoms with van der Waals surface area (Å²) >= 11 is 0. The van der Waals surface area contributed by atoms with Gasteiger partial charge in [-0.15, -0.1) is 0 Å². The fourth-order valence-electron chi connectivity index (χ4n) is 0.559. The Hall–Kier alpha value is -1.27. The van der Waals surface area contributed by atoms with Crippen molar-refractivity contribution in [2.75, 3.05) is 0 Å². The number of carbonyl (C=O) groups is 2. The number of ether oxygens (including phenoxy) is 1. The van der Waals surface area contributed by atoms with Gasteiger partial charge in [0.25, 0.3) is 5.91 Å². The van der Waals surface area contributed by atoms with Crippen LogP contribution >= 0.6 is 0 Å². The zero-order valence-electron chi connectivity index (χ0n) is 7.64. The second-order valence-corrected chi connectivity index (χ2v) is 2.84. The molecule has 0 aliphatic carbocycles. The van der Waals surface area contributed by atoms with Crippen LogP contribution in [0.1, 0.15) is 20.3 Å². The van der Waals surface area contributed by atoms with Gasteiger partial charge in [0.15, 0.2) is 5.60 Å². The molecule has 0 fully saturated rings. The molecule has 1 atom stereocenters. The molecular formula is C7H10F3NO3. The third kappa shape index (κ3) is 2.90. The van der Waals surface area contributed by atoms with Gasteiger partial charge in [0, 0.05) is 0 Å². The number of halogens is 3. The first-order valence-corrected chi connectivity index (χ1v) is 3.73. The van der Waals surface area contributed by atoms with Gasteiger partial charge in [-0.3, -0.25) is 4.79 Å². The predicted octanol–water partition coefficient (Wildman–Crippen LogP) is 0.746. The number of carbonyl (C=O) groups excluding carboxylic acids is 2. The predicted molar refractivity (Wildman–Crippen MR) is 40.0 cm³/mol. The van der Waals surface area contributed by atoms with Gasteiger partial charge < -0.3 is 10.5 Å². The van der Waals surface area contributed by atoms with Crippen molar-refractivity contribution in [3.63, 3.8) is 0 Å². The van der Waals surface area contributed by atoms with Crippen LogP contribution in [0.25, 0.3) is 0 Å². The average Bonchev–Trinajstić information content (AvgIpc) is 2.02. The van der Waals surface area contributed by atoms with Crippen LogP contribution in [-0.4, -0.2) is 23.7 Å². The molecule has 0 aliphatic rings. The van der Waals surface area contributed by atoms with E-state index in [0.29, 0.717) is 0 Å². The molecule has 0 spiro atoms. The third-order valence-corrected chi connectivity index (χ3v) is 1.75. The van der Waals surface area contributed by atoms with Gasteiger partial charge in [-0.25, -0.2) is 4.79 Å². The summed E-state index contributed by atoms with van der Waals surface area (Å²) < 4.78 is 39.2. The summed E-state index contributed by atoms with van der Waals surface area (Å²) in [6.45, 7) is 2.41. The largest absolute Gasteiger partial charge is 0.490 e. The van der Waals surface area contributed by atoms with Gasteiger partial charge in [0.05, 0.1) is 0 Å². The Kier molecular flexibility index (Phi) is 3.50. The topological polar surface area (TPSA) is 69.4 Å². The van der Waals surface area contributed by atoms with E-state index in [9.17, 15) is 22.8 Å². The molecule has 0 bridgehead atoms. The van der Waals surface area contributed by atoms with E-state index in [2.05, 4.69) is 4.74 Å². The number of hydrogen-bond acceptors (Lipinski definition) is 3. The Bertz CT molecular complexity index is 251. The van der Waals surface area contributed by atoms with E-state index in [1.807, 2.05) is 0 Å². The van der Waals surface area contributed by atoms with E-state index in [1.54, 1.807) is 0 Å². The minimum atomic E-state index is -5.12. The zero-order chi connectivity index (χ0) is 11.6. The highest BCUT2D eigenvalue weighted by Gasteiger charge is 2.46. The summed E-state index contributed by atoms with van der Waals surface area (Å²) in [5, 5.41) is 0. The lowest BCUT2D eigenvalue weighted by Gasteiger charge is -2.24. The van der Waals surface area contributed by atoms with Crippen LogP contribution in [0.2, 0.25) is 0 Å². The molecule has 0 radical (unpaired) electrons. The van der Waals surface area contributed by atoms with Crippen molar-refractivity contribution in [2.24, 2.45) is 5.73 Å². The fourth-order valence-corrected chi connectivity index (χ4v) is 0.559. The van der Waals surface area contributed by atoms with Gasteiger partial charge in [0.1, 0.15) is 0 Å². The molecule has 4 nitrogen and oxygen atoms in total. The monoisotopic (exact) mass is 213 g/mol. The summed E-state index contributed by atoms with van der Waals surface area (Å²) in [6, 6.07) is 0. The van der Waals surface area contributed by atoms with E-state index < -0.39 is 23.7 Å². The van der Waals surface area contributed by atoms with Gasteiger partial charge >= 0.3 is 12.1 Å². The number of primary amides is 1. The third-order valence-electron chi connectivity index (χ3n) is 1.75. The molecule has 0 saturated carbocycles. The molecule has 0 rings (SSSR count). The van der Waals surface area contributed by atoms with E-state index in [-0.39, 0.29) is 6.42 Å². The number of amides is 1. The fraction of sp³-hybridized carbons (Fsp3) is 0.714. The first-order valence-electron chi connectivity index (χ1n) is 3.73. The summed E-state index contributed by atoms with van der Waals surface area (Å²) in [4.78, 5) is 21.1. The first-order chi connectivity index (χ1) is 6.13. The second-order valence-electron chi connectivity index (χ2n) is 2.84. The lowest BCUT2D eigenvalue weighted by molar-refractivity contribution is -0.212. The van der Waals surface area contributed by atoms with E-state index in [4.69, 9.17) is 5.73 Å². The molecule has 0 aromatic carbocycles. The molecule has 2 N–H and O–H groups in total. The lowest BCUT2D eigenvalue weighted by Crippen LogP contribution is -2.47. The molecule has 0 saturated heterocycles. The number of rotatable bonds is 3. The SMILES string of the molecule is CCC(C)(OC(=O)C(F)(F)F)C(N)=O. The summed E-state index contributed by atoms with van der Waals surface area (Å²) in [5.41, 5.74) is 2.88. The van der Waals surface area contributed by atoms with Crippen molar-refractivity contribution in [1.82, 2.24) is 0 Å². The van der Waals surface area contributed by atoms with Crippen molar-refractivity contribution < 1.29 is 27.5 Å². The lowest BCUT2D eigenvalue weighted by atomic mass is 10.0. The number of esters is 1. The molecular weight excluding hydrogens is 203 g/mol. The Balaban J connectivity index is 4.65. The molecule has 1 amide bonds. The number of alkyl halides is 3. The Morgan fingerprint density at radius 3 is 2.00 bits per heavy atom. The van der Waals surface area contributed by atoms with E-state index in [0.717, 1.165) is 6.92 Å². The Morgan fingerprint density at radius 2 is 1.79 bits per heavy atom. The normalized spacial score (nSPS) is 15.8. The van der Waals surface area contributed by atoms with Gasteiger partial charge in [-0.2, -0.15) is 13.2 Å². The maximum Gasteiger partial charge on any atom is 0.490 e. The van der Waals surface area contributed by atoms with Gasteiger partial charge in [-0.05, 0) is 13.3 Å². The quantitative estimate of drug-likeness (QED) is 0.703. The van der Waals surface area contributed by atoms with Crippen LogP contribution in [0, 0.1) is 0 Å². The minimum absolute atomic E-state index is 0.121. The maximum absolute atomic E-state index is 11.8. The van der Waals surface area contributed by atoms with Gasteiger partial charge in [0.2, 0.25) is 0 Å². The zero-order valence-corrected chi connectivity index (χ0v) is 7.64. The summed E-state index contributed by atoms with van der Waals surface area (Å²) in [6.07, 6.45) is -5.24. The molecule has 0 aromatic rings. The van der Waals surface area contributed by atoms with Crippen molar-refractivity contribution in [1.29, 1.82) is 0 Å². The van der Waals surface area contributed by atoms with Crippen LogP contribution < -0.4 is 5.73 Å². The first kappa shape index (κ1) is 12.7. The molecule has 7 heteroatoms. The van der Waals surface area contributed by atoms with E-state index >= 15 is 0 Å². The second kappa shape index (κ2) is 3.85. The average molecular weight is 213 g/mol. The van der Waals surface area contributed by atoms with Crippen LogP contribution in [0.3, 0.4) is 0 Å². The summed E-state index contributed by atoms with van der Waals surface area (Å²) in [5.74, 6) is -3.53. The van der Waals surface area contributed by atoms with E-state index in [1.165, 1.54) is 6.92 Å². The highest BCUT2D eigenvalue weighted by Crippen LogP contribution is 2.23. The van der Waals surface area contributed by atoms with Crippen LogP contribution in [-0.2, 0) is 14.3 Å². The van der Waals surface area contributed by atoms with Crippen molar-refractivity contribution in [3.8, 4) is 0 Å². The van der Waals surface area contributed by atoms with Gasteiger partial charge in [-0.1, -0.05) is 6.92 Å². The molecule has 14 heavy (non-hydrogen) atoms. The number of nitrogens with two attached hydrogens (primary N) is 1. The highest BCUT2D eigenvalue weighted by atomic mass is 19.4. The van der Waals surface area contributed by atoms with Crippen LogP contribution in [0.15, 0.2) is 0 Å². The Labute approximate surface area is 78.2 Å². The van der Waals surface area contributed by atoms with Crippen LogP contribution in [0.5, 0.6) is 0 Å². The summed E-state index contributed by atoms with van der Waals surface area (Å²) in [7, 11) is 0. The molecule has 0 aliphatic heterocycles. The smallest absolute Gasteiger partial charge is 0.443 e. The van der Waals surface area contributed by atoms with Crippen molar-refractivity contribution >= 4 is 11.9 Å². The van der Waals surface area contributed by atoms with Crippen LogP contribution in [0.4, 0.5) is 13.2 Å². The standard InChI is InChI=1S/C7H10F3NO3/c1-3-6(2,4(11)12)14-5(13)7(8,9)10/h3H2,1-2H3,(H2,11,12).